The highest BCUT2D eigenvalue weighted by molar-refractivity contribution is 6.33. The number of hydrogen-bond donors (Lipinski definition) is 2. The van der Waals surface area contributed by atoms with Gasteiger partial charge in [0.15, 0.2) is 0 Å². The van der Waals surface area contributed by atoms with Gasteiger partial charge in [-0.3, -0.25) is 0 Å². The molecule has 0 unspecified atom stereocenters. The van der Waals surface area contributed by atoms with Crippen molar-refractivity contribution in [1.82, 2.24) is 14.5 Å². The van der Waals surface area contributed by atoms with Crippen LogP contribution in [0.3, 0.4) is 0 Å². The highest BCUT2D eigenvalue weighted by Crippen LogP contribution is 2.26. The van der Waals surface area contributed by atoms with Gasteiger partial charge in [0.25, 0.3) is 0 Å². The molecule has 23 heavy (non-hydrogen) atoms. The molecule has 0 saturated heterocycles. The van der Waals surface area contributed by atoms with Crippen molar-refractivity contribution >= 4 is 40.1 Å². The molecule has 120 valence electrons. The summed E-state index contributed by atoms with van der Waals surface area (Å²) in [7, 11) is 3.53. The summed E-state index contributed by atoms with van der Waals surface area (Å²) in [5.41, 5.74) is 2.63. The normalized spacial score (nSPS) is 10.9. The smallest absolute Gasteiger partial charge is 0.203 e. The molecule has 2 N–H and O–H groups in total. The predicted molar refractivity (Wildman–Crippen MR) is 93.7 cm³/mol. The lowest BCUT2D eigenvalue weighted by Gasteiger charge is -2.09. The average Bonchev–Trinajstić information content (AvgIpc) is 2.92. The number of pyridine rings is 1. The van der Waals surface area contributed by atoms with Crippen molar-refractivity contribution in [3.8, 4) is 0 Å². The van der Waals surface area contributed by atoms with Crippen molar-refractivity contribution in [2.75, 3.05) is 31.4 Å². The number of fused-ring (bicyclic) bond motifs is 1. The number of nitrogens with one attached hydrogen (secondary N) is 2. The topological polar surface area (TPSA) is 64.0 Å². The number of hydrogen-bond acceptors (Lipinski definition) is 5. The number of imidazole rings is 1. The van der Waals surface area contributed by atoms with Crippen LogP contribution in [-0.2, 0) is 11.3 Å². The molecule has 0 bridgehead atoms. The highest BCUT2D eigenvalue weighted by atomic mass is 35.5. The summed E-state index contributed by atoms with van der Waals surface area (Å²) in [5, 5.41) is 6.99. The number of rotatable bonds is 6. The maximum Gasteiger partial charge on any atom is 0.203 e. The van der Waals surface area contributed by atoms with E-state index in [2.05, 4.69) is 25.2 Å². The summed E-state index contributed by atoms with van der Waals surface area (Å²) >= 11 is 6.18. The SMILES string of the molecule is CNc1nc2cnc(Nc3ccccc3Cl)cc2n1CCOC. The van der Waals surface area contributed by atoms with Gasteiger partial charge in [-0.25, -0.2) is 9.97 Å². The Morgan fingerprint density at radius 3 is 2.87 bits per heavy atom. The number of ether oxygens (including phenoxy) is 1. The first-order valence-electron chi connectivity index (χ1n) is 7.27. The third-order valence-electron chi connectivity index (χ3n) is 3.51. The molecule has 3 aromatic rings. The predicted octanol–water partition coefficient (Wildman–Crippen LogP) is 3.52. The largest absolute Gasteiger partial charge is 0.383 e. The standard InChI is InChI=1S/C16H18ClN5O/c1-18-16-21-13-10-19-15(9-14(13)22(16)7-8-23-2)20-12-6-4-3-5-11(12)17/h3-6,9-10H,7-8H2,1-2H3,(H,18,21)(H,19,20). The van der Waals surface area contributed by atoms with E-state index in [9.17, 15) is 0 Å². The second-order valence-electron chi connectivity index (χ2n) is 4.99. The zero-order valence-electron chi connectivity index (χ0n) is 13.0. The van der Waals surface area contributed by atoms with Crippen LogP contribution in [0.4, 0.5) is 17.5 Å². The summed E-state index contributed by atoms with van der Waals surface area (Å²) in [6, 6.07) is 9.53. The van der Waals surface area contributed by atoms with E-state index >= 15 is 0 Å². The number of nitrogens with zero attached hydrogens (tertiary/aromatic N) is 3. The second-order valence-corrected chi connectivity index (χ2v) is 5.40. The van der Waals surface area contributed by atoms with Gasteiger partial charge in [-0.15, -0.1) is 0 Å². The van der Waals surface area contributed by atoms with Crippen molar-refractivity contribution in [1.29, 1.82) is 0 Å². The molecule has 0 saturated carbocycles. The van der Waals surface area contributed by atoms with Gasteiger partial charge in [0.1, 0.15) is 11.3 Å². The fourth-order valence-corrected chi connectivity index (χ4v) is 2.58. The van der Waals surface area contributed by atoms with E-state index in [0.29, 0.717) is 24.0 Å². The quantitative estimate of drug-likeness (QED) is 0.723. The maximum absolute atomic E-state index is 6.18. The first-order valence-corrected chi connectivity index (χ1v) is 7.65. The van der Waals surface area contributed by atoms with Crippen molar-refractivity contribution < 1.29 is 4.74 Å². The Morgan fingerprint density at radius 2 is 2.13 bits per heavy atom. The van der Waals surface area contributed by atoms with E-state index in [-0.39, 0.29) is 0 Å². The molecule has 2 aromatic heterocycles. The van der Waals surface area contributed by atoms with Gasteiger partial charge in [-0.2, -0.15) is 0 Å². The Hall–Kier alpha value is -2.31. The minimum atomic E-state index is 0.607. The lowest BCUT2D eigenvalue weighted by atomic mass is 10.3. The fraction of sp³-hybridized carbons (Fsp3) is 0.250. The number of aromatic nitrogens is 3. The van der Waals surface area contributed by atoms with Crippen molar-refractivity contribution in [3.63, 3.8) is 0 Å². The van der Waals surface area contributed by atoms with Crippen molar-refractivity contribution in [3.05, 3.63) is 41.6 Å². The molecule has 7 heteroatoms. The fourth-order valence-electron chi connectivity index (χ4n) is 2.40. The summed E-state index contributed by atoms with van der Waals surface area (Å²) in [4.78, 5) is 8.94. The number of para-hydroxylation sites is 1. The molecule has 0 spiro atoms. The molecule has 1 aromatic carbocycles. The Bertz CT molecular complexity index is 817. The van der Waals surface area contributed by atoms with Crippen LogP contribution < -0.4 is 10.6 Å². The number of halogens is 1. The molecule has 3 rings (SSSR count). The summed E-state index contributed by atoms with van der Waals surface area (Å²) < 4.78 is 7.25. The monoisotopic (exact) mass is 331 g/mol. The Morgan fingerprint density at radius 1 is 1.30 bits per heavy atom. The van der Waals surface area contributed by atoms with Gasteiger partial charge in [0.05, 0.1) is 29.0 Å². The van der Waals surface area contributed by atoms with Gasteiger partial charge in [-0.05, 0) is 12.1 Å². The summed E-state index contributed by atoms with van der Waals surface area (Å²) in [5.74, 6) is 1.50. The van der Waals surface area contributed by atoms with Crippen molar-refractivity contribution in [2.45, 2.75) is 6.54 Å². The second kappa shape index (κ2) is 6.85. The third kappa shape index (κ3) is 3.23. The molecule has 0 aliphatic heterocycles. The van der Waals surface area contributed by atoms with Crippen LogP contribution in [0.15, 0.2) is 36.5 Å². The minimum Gasteiger partial charge on any atom is -0.383 e. The average molecular weight is 332 g/mol. The van der Waals surface area contributed by atoms with E-state index in [4.69, 9.17) is 16.3 Å². The zero-order chi connectivity index (χ0) is 16.2. The Balaban J connectivity index is 1.98. The Kier molecular flexibility index (Phi) is 4.64. The maximum atomic E-state index is 6.18. The van der Waals surface area contributed by atoms with E-state index in [0.717, 1.165) is 22.7 Å². The molecule has 0 aliphatic rings. The van der Waals surface area contributed by atoms with Gasteiger partial charge in [-0.1, -0.05) is 23.7 Å². The Labute approximate surface area is 139 Å². The number of benzene rings is 1. The van der Waals surface area contributed by atoms with Gasteiger partial charge in [0.2, 0.25) is 5.95 Å². The van der Waals surface area contributed by atoms with Gasteiger partial charge in [0, 0.05) is 26.8 Å². The van der Waals surface area contributed by atoms with E-state index in [1.807, 2.05) is 37.4 Å². The van der Waals surface area contributed by atoms with Gasteiger partial charge < -0.3 is 19.9 Å². The molecular formula is C16H18ClN5O. The minimum absolute atomic E-state index is 0.607. The van der Waals surface area contributed by atoms with E-state index < -0.39 is 0 Å². The van der Waals surface area contributed by atoms with Crippen molar-refractivity contribution in [2.24, 2.45) is 0 Å². The lowest BCUT2D eigenvalue weighted by Crippen LogP contribution is -2.08. The molecular weight excluding hydrogens is 314 g/mol. The highest BCUT2D eigenvalue weighted by Gasteiger charge is 2.11. The van der Waals surface area contributed by atoms with Crippen LogP contribution in [0, 0.1) is 0 Å². The van der Waals surface area contributed by atoms with Crippen LogP contribution in [-0.4, -0.2) is 35.3 Å². The summed E-state index contributed by atoms with van der Waals surface area (Å²) in [6.45, 7) is 1.31. The van der Waals surface area contributed by atoms with E-state index in [1.54, 1.807) is 13.3 Å². The van der Waals surface area contributed by atoms with E-state index in [1.165, 1.54) is 0 Å². The first-order chi connectivity index (χ1) is 11.2. The molecule has 0 aliphatic carbocycles. The molecule has 0 amide bonds. The third-order valence-corrected chi connectivity index (χ3v) is 3.84. The molecule has 0 radical (unpaired) electrons. The summed E-state index contributed by atoms with van der Waals surface area (Å²) in [6.07, 6.45) is 1.75. The number of anilines is 3. The molecule has 0 fully saturated rings. The zero-order valence-corrected chi connectivity index (χ0v) is 13.8. The number of methoxy groups -OCH3 is 1. The van der Waals surface area contributed by atoms with Crippen LogP contribution in [0.1, 0.15) is 0 Å². The first kappa shape index (κ1) is 15.6. The molecule has 0 atom stereocenters. The van der Waals surface area contributed by atoms with Crippen LogP contribution in [0.2, 0.25) is 5.02 Å². The van der Waals surface area contributed by atoms with Crippen LogP contribution >= 0.6 is 11.6 Å². The lowest BCUT2D eigenvalue weighted by molar-refractivity contribution is 0.189. The van der Waals surface area contributed by atoms with Gasteiger partial charge >= 0.3 is 0 Å². The molecule has 6 nitrogen and oxygen atoms in total. The molecule has 2 heterocycles. The van der Waals surface area contributed by atoms with Crippen LogP contribution in [0.5, 0.6) is 0 Å². The van der Waals surface area contributed by atoms with Crippen LogP contribution in [0.25, 0.3) is 11.0 Å².